The number of carbonyl (C=O) groups is 1. The van der Waals surface area contributed by atoms with E-state index in [4.69, 9.17) is 5.11 Å². The fourth-order valence-corrected chi connectivity index (χ4v) is 1.75. The van der Waals surface area contributed by atoms with Crippen LogP contribution in [0.5, 0.6) is 0 Å². The first-order valence-corrected chi connectivity index (χ1v) is 6.17. The van der Waals surface area contributed by atoms with Gasteiger partial charge in [-0.25, -0.2) is 0 Å². The predicted molar refractivity (Wildman–Crippen MR) is 74.2 cm³/mol. The lowest BCUT2D eigenvalue weighted by Gasteiger charge is -2.26. The van der Waals surface area contributed by atoms with Crippen molar-refractivity contribution in [2.24, 2.45) is 0 Å². The summed E-state index contributed by atoms with van der Waals surface area (Å²) in [5.74, 6) is -0.752. The number of aryl methyl sites for hydroxylation is 1. The van der Waals surface area contributed by atoms with Crippen LogP contribution in [0.4, 0.5) is 5.69 Å². The van der Waals surface area contributed by atoms with Crippen LogP contribution in [-0.2, 0) is 4.79 Å². The van der Waals surface area contributed by atoms with Gasteiger partial charge in [-0.05, 0) is 38.7 Å². The molecule has 0 aliphatic carbocycles. The number of likely N-dealkylation sites (N-methyl/N-ethyl adjacent to an activating group) is 1. The van der Waals surface area contributed by atoms with Crippen molar-refractivity contribution in [3.63, 3.8) is 0 Å². The van der Waals surface area contributed by atoms with Gasteiger partial charge >= 0.3 is 5.97 Å². The highest BCUT2D eigenvalue weighted by atomic mass is 16.4. The fourth-order valence-electron chi connectivity index (χ4n) is 1.75. The van der Waals surface area contributed by atoms with Crippen molar-refractivity contribution in [3.8, 4) is 0 Å². The van der Waals surface area contributed by atoms with E-state index in [2.05, 4.69) is 15.9 Å². The number of aliphatic carboxylic acids is 1. The third kappa shape index (κ3) is 5.19. The van der Waals surface area contributed by atoms with Gasteiger partial charge in [0.1, 0.15) is 0 Å². The zero-order chi connectivity index (χ0) is 13.5. The summed E-state index contributed by atoms with van der Waals surface area (Å²) in [5.41, 5.74) is 2.29. The molecule has 0 bridgehead atoms. The van der Waals surface area contributed by atoms with Crippen molar-refractivity contribution in [1.29, 1.82) is 0 Å². The minimum absolute atomic E-state index is 0.168. The molecule has 0 heterocycles. The van der Waals surface area contributed by atoms with Gasteiger partial charge in [0, 0.05) is 25.3 Å². The van der Waals surface area contributed by atoms with Gasteiger partial charge in [-0.3, -0.25) is 4.79 Å². The average molecular weight is 250 g/mol. The van der Waals surface area contributed by atoms with Gasteiger partial charge in [0.15, 0.2) is 0 Å². The summed E-state index contributed by atoms with van der Waals surface area (Å²) in [5, 5.41) is 8.80. The van der Waals surface area contributed by atoms with Gasteiger partial charge < -0.3 is 14.9 Å². The van der Waals surface area contributed by atoms with Gasteiger partial charge in [0.05, 0.1) is 6.42 Å². The molecule has 0 aromatic heterocycles. The number of anilines is 1. The van der Waals surface area contributed by atoms with Gasteiger partial charge in [0.25, 0.3) is 0 Å². The minimum atomic E-state index is -0.752. The summed E-state index contributed by atoms with van der Waals surface area (Å²) in [6.45, 7) is 4.34. The SMILES string of the molecule is Cc1cccc(N(CCC(=O)O)CCN(C)C)c1. The normalized spacial score (nSPS) is 10.7. The largest absolute Gasteiger partial charge is 0.481 e. The summed E-state index contributed by atoms with van der Waals surface area (Å²) in [4.78, 5) is 14.9. The molecule has 4 heteroatoms. The van der Waals surface area contributed by atoms with Crippen molar-refractivity contribution in [2.75, 3.05) is 38.6 Å². The molecule has 0 unspecified atom stereocenters. The molecular weight excluding hydrogens is 228 g/mol. The predicted octanol–water partition coefficient (Wildman–Crippen LogP) is 1.84. The van der Waals surface area contributed by atoms with E-state index in [0.717, 1.165) is 18.8 Å². The number of benzene rings is 1. The summed E-state index contributed by atoms with van der Waals surface area (Å²) in [7, 11) is 4.04. The van der Waals surface area contributed by atoms with E-state index in [9.17, 15) is 4.79 Å². The zero-order valence-corrected chi connectivity index (χ0v) is 11.4. The Bertz CT molecular complexity index is 391. The third-order valence-electron chi connectivity index (χ3n) is 2.78. The van der Waals surface area contributed by atoms with Crippen LogP contribution >= 0.6 is 0 Å². The van der Waals surface area contributed by atoms with Crippen LogP contribution in [0, 0.1) is 6.92 Å². The monoisotopic (exact) mass is 250 g/mol. The van der Waals surface area contributed by atoms with Gasteiger partial charge in [-0.1, -0.05) is 12.1 Å². The smallest absolute Gasteiger partial charge is 0.305 e. The van der Waals surface area contributed by atoms with Crippen LogP contribution in [-0.4, -0.2) is 49.7 Å². The Morgan fingerprint density at radius 3 is 2.50 bits per heavy atom. The molecule has 0 spiro atoms. The first-order valence-electron chi connectivity index (χ1n) is 6.17. The van der Waals surface area contributed by atoms with Crippen LogP contribution in [0.1, 0.15) is 12.0 Å². The van der Waals surface area contributed by atoms with Crippen LogP contribution < -0.4 is 4.90 Å². The van der Waals surface area contributed by atoms with Crippen molar-refractivity contribution in [1.82, 2.24) is 4.90 Å². The van der Waals surface area contributed by atoms with Crippen molar-refractivity contribution in [3.05, 3.63) is 29.8 Å². The second kappa shape index (κ2) is 7.01. The van der Waals surface area contributed by atoms with E-state index < -0.39 is 5.97 Å². The van der Waals surface area contributed by atoms with Crippen molar-refractivity contribution < 1.29 is 9.90 Å². The lowest BCUT2D eigenvalue weighted by Crippen LogP contribution is -2.33. The van der Waals surface area contributed by atoms with Gasteiger partial charge in [-0.15, -0.1) is 0 Å². The number of carboxylic acids is 1. The molecule has 0 aliphatic rings. The second-order valence-corrected chi connectivity index (χ2v) is 4.77. The van der Waals surface area contributed by atoms with E-state index in [1.54, 1.807) is 0 Å². The third-order valence-corrected chi connectivity index (χ3v) is 2.78. The molecule has 0 amide bonds. The first-order chi connectivity index (χ1) is 8.49. The fraction of sp³-hybridized carbons (Fsp3) is 0.500. The topological polar surface area (TPSA) is 43.8 Å². The summed E-state index contributed by atoms with van der Waals surface area (Å²) < 4.78 is 0. The minimum Gasteiger partial charge on any atom is -0.481 e. The van der Waals surface area contributed by atoms with E-state index in [-0.39, 0.29) is 6.42 Å². The van der Waals surface area contributed by atoms with Crippen molar-refractivity contribution >= 4 is 11.7 Å². The van der Waals surface area contributed by atoms with E-state index in [1.807, 2.05) is 39.2 Å². The average Bonchev–Trinajstić information content (AvgIpc) is 2.28. The molecule has 100 valence electrons. The Balaban J connectivity index is 2.72. The molecule has 18 heavy (non-hydrogen) atoms. The van der Waals surface area contributed by atoms with Crippen LogP contribution in [0.15, 0.2) is 24.3 Å². The molecule has 0 atom stereocenters. The van der Waals surface area contributed by atoms with Crippen molar-refractivity contribution in [2.45, 2.75) is 13.3 Å². The number of hydrogen-bond donors (Lipinski definition) is 1. The molecule has 0 fully saturated rings. The molecule has 1 N–H and O–H groups in total. The molecular formula is C14H22N2O2. The van der Waals surface area contributed by atoms with Crippen LogP contribution in [0.2, 0.25) is 0 Å². The molecule has 0 saturated carbocycles. The summed E-state index contributed by atoms with van der Waals surface area (Å²) in [6.07, 6.45) is 0.168. The van der Waals surface area contributed by atoms with E-state index in [0.29, 0.717) is 6.54 Å². The Kier molecular flexibility index (Phi) is 5.65. The second-order valence-electron chi connectivity index (χ2n) is 4.77. The Labute approximate surface area is 109 Å². The Morgan fingerprint density at radius 2 is 1.94 bits per heavy atom. The maximum absolute atomic E-state index is 10.7. The molecule has 1 aromatic rings. The van der Waals surface area contributed by atoms with E-state index >= 15 is 0 Å². The number of carboxylic acid groups (broad SMARTS) is 1. The summed E-state index contributed by atoms with van der Waals surface area (Å²) in [6, 6.07) is 8.18. The molecule has 0 radical (unpaired) electrons. The highest BCUT2D eigenvalue weighted by Gasteiger charge is 2.09. The molecule has 1 aromatic carbocycles. The molecule has 0 aliphatic heterocycles. The number of hydrogen-bond acceptors (Lipinski definition) is 3. The van der Waals surface area contributed by atoms with E-state index in [1.165, 1.54) is 5.56 Å². The molecule has 1 rings (SSSR count). The first kappa shape index (κ1) is 14.5. The summed E-state index contributed by atoms with van der Waals surface area (Å²) >= 11 is 0. The Hall–Kier alpha value is -1.55. The lowest BCUT2D eigenvalue weighted by molar-refractivity contribution is -0.136. The van der Waals surface area contributed by atoms with Crippen LogP contribution in [0.25, 0.3) is 0 Å². The van der Waals surface area contributed by atoms with Crippen LogP contribution in [0.3, 0.4) is 0 Å². The lowest BCUT2D eigenvalue weighted by atomic mass is 10.2. The maximum Gasteiger partial charge on any atom is 0.305 e. The zero-order valence-electron chi connectivity index (χ0n) is 11.4. The maximum atomic E-state index is 10.7. The highest BCUT2D eigenvalue weighted by molar-refractivity contribution is 5.67. The highest BCUT2D eigenvalue weighted by Crippen LogP contribution is 2.16. The Morgan fingerprint density at radius 1 is 1.22 bits per heavy atom. The molecule has 4 nitrogen and oxygen atoms in total. The number of rotatable bonds is 7. The standard InChI is InChI=1S/C14H22N2O2/c1-12-5-4-6-13(11-12)16(8-7-14(17)18)10-9-15(2)3/h4-6,11H,7-10H2,1-3H3,(H,17,18). The quantitative estimate of drug-likeness (QED) is 0.802. The van der Waals surface area contributed by atoms with Gasteiger partial charge in [-0.2, -0.15) is 0 Å². The molecule has 0 saturated heterocycles. The number of nitrogens with zero attached hydrogens (tertiary/aromatic N) is 2. The van der Waals surface area contributed by atoms with Gasteiger partial charge in [0.2, 0.25) is 0 Å².